The van der Waals surface area contributed by atoms with Gasteiger partial charge in [-0.15, -0.1) is 0 Å². The molecule has 0 fully saturated rings. The van der Waals surface area contributed by atoms with Crippen molar-refractivity contribution in [2.45, 2.75) is 10.9 Å². The van der Waals surface area contributed by atoms with E-state index in [0.29, 0.717) is 5.56 Å². The minimum atomic E-state index is -3.46. The molecule has 0 aliphatic heterocycles. The van der Waals surface area contributed by atoms with Gasteiger partial charge in [0.1, 0.15) is 17.3 Å². The van der Waals surface area contributed by atoms with E-state index >= 15 is 0 Å². The number of nitrogens with one attached hydrogen (secondary N) is 1. The molecule has 0 aliphatic carbocycles. The number of hydrogen-bond acceptors (Lipinski definition) is 8. The van der Waals surface area contributed by atoms with Gasteiger partial charge in [-0.1, -0.05) is 18.2 Å². The molecule has 2 aromatic carbocycles. The van der Waals surface area contributed by atoms with E-state index in [1.54, 1.807) is 0 Å². The standard InChI is InChI=1S/C23H20F2N4O5S/c1-35(33,34)15-7-5-13(6-8-15)20-16-9-10-19(32)29(21-17(24)3-2-4-18(21)25)22(16)28-23(27-20)26-14(11-30)12-31/h2-10,14,30-31H,11-12H2,1H3,(H,26,27,28). The summed E-state index contributed by atoms with van der Waals surface area (Å²) in [5.74, 6) is -2.12. The third kappa shape index (κ3) is 4.76. The van der Waals surface area contributed by atoms with E-state index in [0.717, 1.165) is 35.1 Å². The quantitative estimate of drug-likeness (QED) is 0.349. The van der Waals surface area contributed by atoms with Crippen molar-refractivity contribution in [1.29, 1.82) is 0 Å². The van der Waals surface area contributed by atoms with Crippen molar-refractivity contribution >= 4 is 26.8 Å². The van der Waals surface area contributed by atoms with Crippen LogP contribution in [0, 0.1) is 11.6 Å². The Labute approximate surface area is 198 Å². The van der Waals surface area contributed by atoms with Gasteiger partial charge < -0.3 is 15.5 Å². The molecule has 3 N–H and O–H groups in total. The van der Waals surface area contributed by atoms with E-state index in [4.69, 9.17) is 0 Å². The van der Waals surface area contributed by atoms with Crippen LogP contribution < -0.4 is 10.9 Å². The molecule has 9 nitrogen and oxygen atoms in total. The fourth-order valence-electron chi connectivity index (χ4n) is 3.51. The molecular formula is C23H20F2N4O5S. The monoisotopic (exact) mass is 502 g/mol. The van der Waals surface area contributed by atoms with Crippen molar-refractivity contribution in [1.82, 2.24) is 14.5 Å². The van der Waals surface area contributed by atoms with Gasteiger partial charge in [-0.25, -0.2) is 22.2 Å². The molecular weight excluding hydrogens is 482 g/mol. The van der Waals surface area contributed by atoms with Gasteiger partial charge in [-0.05, 0) is 30.3 Å². The van der Waals surface area contributed by atoms with Crippen LogP contribution in [-0.2, 0) is 9.84 Å². The average Bonchev–Trinajstić information content (AvgIpc) is 2.82. The molecule has 0 unspecified atom stereocenters. The number of fused-ring (bicyclic) bond motifs is 1. The van der Waals surface area contributed by atoms with Crippen molar-refractivity contribution in [3.8, 4) is 16.9 Å². The summed E-state index contributed by atoms with van der Waals surface area (Å²) in [6.45, 7) is -0.945. The number of pyridine rings is 1. The second kappa shape index (κ2) is 9.49. The molecule has 0 saturated carbocycles. The van der Waals surface area contributed by atoms with Gasteiger partial charge in [0.15, 0.2) is 15.5 Å². The summed E-state index contributed by atoms with van der Waals surface area (Å²) in [5, 5.41) is 21.9. The molecule has 2 heterocycles. The number of aromatic nitrogens is 3. The highest BCUT2D eigenvalue weighted by molar-refractivity contribution is 7.90. The molecule has 4 aromatic rings. The number of halogens is 2. The first-order chi connectivity index (χ1) is 16.6. The van der Waals surface area contributed by atoms with E-state index < -0.39 is 52.0 Å². The zero-order valence-electron chi connectivity index (χ0n) is 18.3. The molecule has 0 saturated heterocycles. The van der Waals surface area contributed by atoms with Crippen LogP contribution in [0.2, 0.25) is 0 Å². The minimum absolute atomic E-state index is 0.0731. The molecule has 0 atom stereocenters. The Morgan fingerprint density at radius 2 is 1.60 bits per heavy atom. The average molecular weight is 502 g/mol. The first-order valence-electron chi connectivity index (χ1n) is 10.3. The zero-order chi connectivity index (χ0) is 25.3. The van der Waals surface area contributed by atoms with Gasteiger partial charge in [-0.2, -0.15) is 4.98 Å². The zero-order valence-corrected chi connectivity index (χ0v) is 19.1. The third-order valence-electron chi connectivity index (χ3n) is 5.24. The van der Waals surface area contributed by atoms with Crippen LogP contribution in [0.25, 0.3) is 28.0 Å². The predicted molar refractivity (Wildman–Crippen MR) is 125 cm³/mol. The highest BCUT2D eigenvalue weighted by atomic mass is 32.2. The Morgan fingerprint density at radius 3 is 2.17 bits per heavy atom. The molecule has 0 amide bonds. The smallest absolute Gasteiger partial charge is 0.256 e. The van der Waals surface area contributed by atoms with Crippen LogP contribution in [0.5, 0.6) is 0 Å². The van der Waals surface area contributed by atoms with Crippen molar-refractivity contribution in [3.63, 3.8) is 0 Å². The highest BCUT2D eigenvalue weighted by Crippen LogP contribution is 2.30. The van der Waals surface area contributed by atoms with Crippen LogP contribution in [0.1, 0.15) is 0 Å². The van der Waals surface area contributed by atoms with Crippen LogP contribution >= 0.6 is 0 Å². The maximum absolute atomic E-state index is 14.7. The number of nitrogens with zero attached hydrogens (tertiary/aromatic N) is 3. The largest absolute Gasteiger partial charge is 0.394 e. The fraction of sp³-hybridized carbons (Fsp3) is 0.174. The summed E-state index contributed by atoms with van der Waals surface area (Å²) in [6, 6.07) is 10.6. The molecule has 0 spiro atoms. The number of benzene rings is 2. The van der Waals surface area contributed by atoms with Crippen molar-refractivity contribution in [3.05, 3.63) is 76.6 Å². The lowest BCUT2D eigenvalue weighted by molar-refractivity contribution is 0.203. The lowest BCUT2D eigenvalue weighted by atomic mass is 10.1. The summed E-state index contributed by atoms with van der Waals surface area (Å²) in [6.07, 6.45) is 1.07. The number of hydrogen-bond donors (Lipinski definition) is 3. The van der Waals surface area contributed by atoms with Gasteiger partial charge in [0.2, 0.25) is 5.95 Å². The lowest BCUT2D eigenvalue weighted by Gasteiger charge is -2.17. The van der Waals surface area contributed by atoms with Gasteiger partial charge in [-0.3, -0.25) is 9.36 Å². The van der Waals surface area contributed by atoms with E-state index in [9.17, 15) is 32.2 Å². The van der Waals surface area contributed by atoms with Crippen molar-refractivity contribution in [2.24, 2.45) is 0 Å². The number of para-hydroxylation sites is 1. The SMILES string of the molecule is CS(=O)(=O)c1ccc(-c2nc(NC(CO)CO)nc3c2ccc(=O)n3-c2c(F)cccc2F)cc1. The van der Waals surface area contributed by atoms with E-state index in [1.165, 1.54) is 30.3 Å². The number of rotatable bonds is 7. The normalized spacial score (nSPS) is 11.8. The van der Waals surface area contributed by atoms with Gasteiger partial charge in [0.05, 0.1) is 29.8 Å². The molecule has 35 heavy (non-hydrogen) atoms. The Kier molecular flexibility index (Phi) is 6.61. The molecule has 2 aromatic heterocycles. The van der Waals surface area contributed by atoms with Gasteiger partial charge >= 0.3 is 0 Å². The van der Waals surface area contributed by atoms with Gasteiger partial charge in [0.25, 0.3) is 5.56 Å². The molecule has 0 aliphatic rings. The molecule has 0 bridgehead atoms. The fourth-order valence-corrected chi connectivity index (χ4v) is 4.14. The van der Waals surface area contributed by atoms with E-state index in [2.05, 4.69) is 15.3 Å². The Morgan fingerprint density at radius 1 is 0.971 bits per heavy atom. The number of anilines is 1. The maximum atomic E-state index is 14.7. The summed E-state index contributed by atoms with van der Waals surface area (Å²) in [7, 11) is -3.46. The third-order valence-corrected chi connectivity index (χ3v) is 6.37. The lowest BCUT2D eigenvalue weighted by Crippen LogP contribution is -2.29. The summed E-state index contributed by atoms with van der Waals surface area (Å²) < 4.78 is 53.8. The second-order valence-corrected chi connectivity index (χ2v) is 9.73. The molecule has 12 heteroatoms. The summed E-state index contributed by atoms with van der Waals surface area (Å²) >= 11 is 0. The Hall–Kier alpha value is -3.74. The van der Waals surface area contributed by atoms with Crippen LogP contribution in [0.4, 0.5) is 14.7 Å². The van der Waals surface area contributed by atoms with E-state index in [-0.39, 0.29) is 27.6 Å². The topological polar surface area (TPSA) is 134 Å². The van der Waals surface area contributed by atoms with Crippen LogP contribution in [-0.4, -0.2) is 58.7 Å². The van der Waals surface area contributed by atoms with Crippen molar-refractivity contribution in [2.75, 3.05) is 24.8 Å². The Balaban J connectivity index is 2.05. The summed E-state index contributed by atoms with van der Waals surface area (Å²) in [5.41, 5.74) is -0.887. The first-order valence-corrected chi connectivity index (χ1v) is 12.2. The predicted octanol–water partition coefficient (Wildman–Crippen LogP) is 1.89. The number of sulfone groups is 1. The molecule has 4 rings (SSSR count). The summed E-state index contributed by atoms with van der Waals surface area (Å²) in [4.78, 5) is 21.5. The maximum Gasteiger partial charge on any atom is 0.256 e. The first kappa shape index (κ1) is 24.4. The highest BCUT2D eigenvalue weighted by Gasteiger charge is 2.20. The Bertz CT molecular complexity index is 1550. The van der Waals surface area contributed by atoms with E-state index in [1.807, 2.05) is 0 Å². The number of aliphatic hydroxyl groups excluding tert-OH is 2. The van der Waals surface area contributed by atoms with Crippen LogP contribution in [0.15, 0.2) is 64.3 Å². The second-order valence-electron chi connectivity index (χ2n) is 7.71. The number of aliphatic hydroxyl groups is 2. The van der Waals surface area contributed by atoms with Gasteiger partial charge in [0, 0.05) is 23.3 Å². The molecule has 0 radical (unpaired) electrons. The molecule has 182 valence electrons. The van der Waals surface area contributed by atoms with Crippen LogP contribution in [0.3, 0.4) is 0 Å². The minimum Gasteiger partial charge on any atom is -0.394 e. The van der Waals surface area contributed by atoms with Crippen molar-refractivity contribution < 1.29 is 27.4 Å².